The van der Waals surface area contributed by atoms with Crippen LogP contribution in [0.1, 0.15) is 36.8 Å². The zero-order valence-electron chi connectivity index (χ0n) is 12.5. The first-order valence-corrected chi connectivity index (χ1v) is 7.62. The predicted octanol–water partition coefficient (Wildman–Crippen LogP) is 2.64. The van der Waals surface area contributed by atoms with E-state index < -0.39 is 5.97 Å². The van der Waals surface area contributed by atoms with Gasteiger partial charge in [-0.3, -0.25) is 9.59 Å². The Morgan fingerprint density at radius 1 is 1.24 bits per heavy atom. The van der Waals surface area contributed by atoms with E-state index >= 15 is 0 Å². The largest absolute Gasteiger partial charge is 0.481 e. The molecule has 0 aromatic heterocycles. The quantitative estimate of drug-likeness (QED) is 0.819. The Labute approximate surface area is 125 Å². The van der Waals surface area contributed by atoms with Crippen molar-refractivity contribution in [1.82, 2.24) is 4.90 Å². The maximum Gasteiger partial charge on any atom is 0.308 e. The summed E-state index contributed by atoms with van der Waals surface area (Å²) in [6.45, 7) is 3.04. The van der Waals surface area contributed by atoms with E-state index in [1.165, 1.54) is 11.1 Å². The summed E-state index contributed by atoms with van der Waals surface area (Å²) in [7, 11) is 0. The number of amides is 1. The zero-order chi connectivity index (χ0) is 15.2. The molecule has 1 fully saturated rings. The minimum atomic E-state index is -0.787. The maximum absolute atomic E-state index is 12.0. The molecule has 1 aliphatic heterocycles. The minimum absolute atomic E-state index is 0.0997. The van der Waals surface area contributed by atoms with E-state index in [2.05, 4.69) is 31.2 Å². The van der Waals surface area contributed by atoms with Crippen molar-refractivity contribution in [3.8, 4) is 0 Å². The van der Waals surface area contributed by atoms with Gasteiger partial charge >= 0.3 is 5.97 Å². The second kappa shape index (κ2) is 7.25. The molecule has 1 amide bonds. The molecule has 1 N–H and O–H groups in total. The summed E-state index contributed by atoms with van der Waals surface area (Å²) in [6.07, 6.45) is 3.96. The highest BCUT2D eigenvalue weighted by molar-refractivity contribution is 5.78. The summed E-state index contributed by atoms with van der Waals surface area (Å²) in [6, 6.07) is 8.48. The third-order valence-corrected chi connectivity index (χ3v) is 4.12. The van der Waals surface area contributed by atoms with Crippen LogP contribution in [0.5, 0.6) is 0 Å². The number of hydrogen-bond acceptors (Lipinski definition) is 2. The molecule has 1 atom stereocenters. The number of aryl methyl sites for hydroxylation is 2. The van der Waals surface area contributed by atoms with Crippen molar-refractivity contribution < 1.29 is 14.7 Å². The van der Waals surface area contributed by atoms with Crippen LogP contribution in [0.4, 0.5) is 0 Å². The van der Waals surface area contributed by atoms with Crippen molar-refractivity contribution >= 4 is 11.9 Å². The third-order valence-electron chi connectivity index (χ3n) is 4.12. The fourth-order valence-corrected chi connectivity index (χ4v) is 2.71. The van der Waals surface area contributed by atoms with Crippen LogP contribution in [-0.4, -0.2) is 35.0 Å². The summed E-state index contributed by atoms with van der Waals surface area (Å²) in [5, 5.41) is 8.93. The molecule has 21 heavy (non-hydrogen) atoms. The summed E-state index contributed by atoms with van der Waals surface area (Å²) in [5.74, 6) is -1.06. The van der Waals surface area contributed by atoms with Crippen molar-refractivity contribution in [2.75, 3.05) is 13.1 Å². The van der Waals surface area contributed by atoms with Gasteiger partial charge < -0.3 is 10.0 Å². The van der Waals surface area contributed by atoms with E-state index in [4.69, 9.17) is 5.11 Å². The van der Waals surface area contributed by atoms with Gasteiger partial charge in [-0.15, -0.1) is 0 Å². The molecule has 0 bridgehead atoms. The lowest BCUT2D eigenvalue weighted by Crippen LogP contribution is -2.29. The van der Waals surface area contributed by atoms with Crippen LogP contribution in [0.3, 0.4) is 0 Å². The molecule has 0 saturated carbocycles. The lowest BCUT2D eigenvalue weighted by Gasteiger charge is -2.15. The van der Waals surface area contributed by atoms with E-state index in [1.54, 1.807) is 4.90 Å². The Balaban J connectivity index is 1.66. The summed E-state index contributed by atoms with van der Waals surface area (Å²) in [4.78, 5) is 24.6. The smallest absolute Gasteiger partial charge is 0.308 e. The lowest BCUT2D eigenvalue weighted by molar-refractivity contribution is -0.141. The molecular weight excluding hydrogens is 266 g/mol. The van der Waals surface area contributed by atoms with Crippen molar-refractivity contribution in [3.63, 3.8) is 0 Å². The molecule has 4 nitrogen and oxygen atoms in total. The Hall–Kier alpha value is -1.84. The molecule has 1 aliphatic rings. The number of likely N-dealkylation sites (tertiary alicyclic amines) is 1. The number of unbranched alkanes of at least 4 members (excludes halogenated alkanes) is 1. The highest BCUT2D eigenvalue weighted by Crippen LogP contribution is 2.18. The van der Waals surface area contributed by atoms with Gasteiger partial charge in [0.25, 0.3) is 0 Å². The predicted molar refractivity (Wildman–Crippen MR) is 81.1 cm³/mol. The van der Waals surface area contributed by atoms with E-state index in [0.717, 1.165) is 19.3 Å². The number of hydrogen-bond donors (Lipinski definition) is 1. The molecule has 4 heteroatoms. The van der Waals surface area contributed by atoms with Gasteiger partial charge in [0.2, 0.25) is 5.91 Å². The molecule has 2 rings (SSSR count). The highest BCUT2D eigenvalue weighted by atomic mass is 16.4. The van der Waals surface area contributed by atoms with Crippen molar-refractivity contribution in [2.45, 2.75) is 39.0 Å². The van der Waals surface area contributed by atoms with Gasteiger partial charge in [-0.25, -0.2) is 0 Å². The topological polar surface area (TPSA) is 57.6 Å². The Kier molecular flexibility index (Phi) is 5.37. The van der Waals surface area contributed by atoms with E-state index in [9.17, 15) is 9.59 Å². The SMILES string of the molecule is Cc1ccc(CCCCC(=O)N2CCC(C(=O)O)C2)cc1. The summed E-state index contributed by atoms with van der Waals surface area (Å²) in [5.41, 5.74) is 2.57. The van der Waals surface area contributed by atoms with Gasteiger partial charge in [-0.1, -0.05) is 29.8 Å². The molecule has 1 heterocycles. The minimum Gasteiger partial charge on any atom is -0.481 e. The van der Waals surface area contributed by atoms with Crippen LogP contribution in [0, 0.1) is 12.8 Å². The van der Waals surface area contributed by atoms with Gasteiger partial charge in [-0.05, 0) is 38.2 Å². The number of carboxylic acids is 1. The first-order valence-electron chi connectivity index (χ1n) is 7.62. The summed E-state index contributed by atoms with van der Waals surface area (Å²) >= 11 is 0. The Bertz CT molecular complexity index is 495. The molecular formula is C17H23NO3. The number of benzene rings is 1. The number of nitrogens with zero attached hydrogens (tertiary/aromatic N) is 1. The molecule has 1 aromatic carbocycles. The molecule has 114 valence electrons. The molecule has 1 unspecified atom stereocenters. The Morgan fingerprint density at radius 3 is 2.57 bits per heavy atom. The van der Waals surface area contributed by atoms with E-state index in [-0.39, 0.29) is 11.8 Å². The summed E-state index contributed by atoms with van der Waals surface area (Å²) < 4.78 is 0. The van der Waals surface area contributed by atoms with Crippen molar-refractivity contribution in [3.05, 3.63) is 35.4 Å². The second-order valence-electron chi connectivity index (χ2n) is 5.86. The van der Waals surface area contributed by atoms with Gasteiger partial charge in [-0.2, -0.15) is 0 Å². The number of aliphatic carboxylic acids is 1. The molecule has 1 aromatic rings. The molecule has 1 saturated heterocycles. The van der Waals surface area contributed by atoms with Crippen LogP contribution in [0.15, 0.2) is 24.3 Å². The first-order chi connectivity index (χ1) is 10.1. The van der Waals surface area contributed by atoms with Crippen LogP contribution < -0.4 is 0 Å². The fraction of sp³-hybridized carbons (Fsp3) is 0.529. The van der Waals surface area contributed by atoms with Gasteiger partial charge in [0.05, 0.1) is 5.92 Å². The van der Waals surface area contributed by atoms with Crippen molar-refractivity contribution in [1.29, 1.82) is 0 Å². The van der Waals surface area contributed by atoms with Gasteiger partial charge in [0, 0.05) is 19.5 Å². The number of carbonyl (C=O) groups is 2. The first kappa shape index (κ1) is 15.5. The molecule has 0 aliphatic carbocycles. The molecule has 0 radical (unpaired) electrons. The van der Waals surface area contributed by atoms with Crippen LogP contribution >= 0.6 is 0 Å². The lowest BCUT2D eigenvalue weighted by atomic mass is 10.1. The van der Waals surface area contributed by atoms with Gasteiger partial charge in [0.15, 0.2) is 0 Å². The third kappa shape index (κ3) is 4.59. The second-order valence-corrected chi connectivity index (χ2v) is 5.86. The standard InChI is InChI=1S/C17H23NO3/c1-13-6-8-14(9-7-13)4-2-3-5-16(19)18-11-10-15(12-18)17(20)21/h6-9,15H,2-5,10-12H2,1H3,(H,20,21). The maximum atomic E-state index is 12.0. The monoisotopic (exact) mass is 289 g/mol. The van der Waals surface area contributed by atoms with Crippen molar-refractivity contribution in [2.24, 2.45) is 5.92 Å². The van der Waals surface area contributed by atoms with E-state index in [0.29, 0.717) is 25.9 Å². The highest BCUT2D eigenvalue weighted by Gasteiger charge is 2.30. The zero-order valence-corrected chi connectivity index (χ0v) is 12.5. The van der Waals surface area contributed by atoms with Gasteiger partial charge in [0.1, 0.15) is 0 Å². The average molecular weight is 289 g/mol. The van der Waals surface area contributed by atoms with Crippen LogP contribution in [0.2, 0.25) is 0 Å². The number of rotatable bonds is 6. The number of carboxylic acid groups (broad SMARTS) is 1. The van der Waals surface area contributed by atoms with E-state index in [1.807, 2.05) is 0 Å². The van der Waals surface area contributed by atoms with Crippen LogP contribution in [-0.2, 0) is 16.0 Å². The Morgan fingerprint density at radius 2 is 1.95 bits per heavy atom. The average Bonchev–Trinajstić information content (AvgIpc) is 2.95. The van der Waals surface area contributed by atoms with Crippen LogP contribution in [0.25, 0.3) is 0 Å². The normalized spacial score (nSPS) is 18.0. The molecule has 0 spiro atoms. The fourth-order valence-electron chi connectivity index (χ4n) is 2.71. The number of carbonyl (C=O) groups excluding carboxylic acids is 1.